The second kappa shape index (κ2) is 33.2. The number of pyridine rings is 14. The standard InChI is InChI=1S/C26H15N3O.4C25H14N4O/c1-2-7-16(8-3-1)29-20-10-6-13-28-24(20)22-19-15-27-14-12-17(19)26-23(25(22)29)18-9-4-5-11-21(18)30-26;1-2-8-20-17(6-1)22-24-21(18-14-27-12-9-16(18)25(22)30-20)23-19(7-4-11-28-23)29(24)15-5-3-10-26-13-15;1-2-8-19-16(6-1)22-24-21(17-14-26-13-10-15(17)25(22)30-19)23-18(7-5-12-28-23)29(24)20-9-3-4-11-27-20;1-2-6-20-17(4-1)22-24-21(18-14-27-13-9-16(18)25(22)30-20)23-19(5-3-10-28-23)29(24)15-7-11-26-12-8-15;1-2-6-20-17(4-1)22-23-21(16-9-13-27-14-19(16)24(22)30-20)18-5-3-10-28-25(18)29(23)15-7-11-26-12-8-15/h1-15H;4*1-14H. The van der Waals surface area contributed by atoms with E-state index in [0.717, 1.165) is 302 Å². The minimum Gasteiger partial charge on any atom is -0.455 e. The molecule has 150 heavy (non-hydrogen) atoms. The maximum Gasteiger partial charge on any atom is 0.146 e. The Bertz CT molecular complexity index is 10300. The normalized spacial score (nSPS) is 12.0. The zero-order valence-corrected chi connectivity index (χ0v) is 79.0. The number of hydrogen-bond donors (Lipinski definition) is 0. The summed E-state index contributed by atoms with van der Waals surface area (Å²) in [6.07, 6.45) is 40.6. The van der Waals surface area contributed by atoms with E-state index in [4.69, 9.17) is 47.0 Å². The molecule has 0 amide bonds. The molecule has 0 spiro atoms. The minimum absolute atomic E-state index is 0.848. The Hall–Kier alpha value is -21.2. The molecule has 11 aromatic carbocycles. The monoisotopic (exact) mass is 1930 g/mol. The first kappa shape index (κ1) is 83.4. The van der Waals surface area contributed by atoms with Crippen LogP contribution in [0.4, 0.5) is 0 Å². The third-order valence-corrected chi connectivity index (χ3v) is 29.1. The van der Waals surface area contributed by atoms with Crippen molar-refractivity contribution in [2.45, 2.75) is 0 Å². The van der Waals surface area contributed by atoms with Crippen LogP contribution in [-0.4, -0.2) is 92.6 Å². The smallest absolute Gasteiger partial charge is 0.146 e. The zero-order chi connectivity index (χ0) is 98.3. The number of nitrogens with zero attached hydrogens (tertiary/aromatic N) is 19. The van der Waals surface area contributed by atoms with Gasteiger partial charge in [0.05, 0.1) is 116 Å². The highest BCUT2D eigenvalue weighted by Crippen LogP contribution is 2.53. The average molecular weight is 1930 g/mol. The van der Waals surface area contributed by atoms with Gasteiger partial charge in [-0.15, -0.1) is 0 Å². The molecule has 0 saturated carbocycles. The fraction of sp³-hybridized carbons (Fsp3) is 0. The summed E-state index contributed by atoms with van der Waals surface area (Å²) in [6.45, 7) is 0. The Morgan fingerprint density at radius 3 is 0.833 bits per heavy atom. The van der Waals surface area contributed by atoms with Gasteiger partial charge in [0.25, 0.3) is 0 Å². The van der Waals surface area contributed by atoms with E-state index in [-0.39, 0.29) is 0 Å². The molecule has 0 fully saturated rings. The van der Waals surface area contributed by atoms with Crippen LogP contribution in [-0.2, 0) is 0 Å². The Balaban J connectivity index is 0.0000000844. The second-order valence-electron chi connectivity index (χ2n) is 36.9. The number of furan rings is 5. The lowest BCUT2D eigenvalue weighted by Gasteiger charge is -2.09. The predicted octanol–water partition coefficient (Wildman–Crippen LogP) is 30.7. The van der Waals surface area contributed by atoms with Crippen LogP contribution < -0.4 is 0 Å². The van der Waals surface area contributed by atoms with E-state index in [2.05, 4.69) is 183 Å². The first-order chi connectivity index (χ1) is 74.6. The van der Waals surface area contributed by atoms with E-state index in [1.54, 1.807) is 6.20 Å². The molecule has 0 aliphatic carbocycles. The molecule has 0 saturated heterocycles. The molecule has 0 aliphatic heterocycles. The van der Waals surface area contributed by atoms with Crippen molar-refractivity contribution in [1.82, 2.24) is 92.6 Å². The van der Waals surface area contributed by atoms with Gasteiger partial charge in [-0.3, -0.25) is 68.9 Å². The third kappa shape index (κ3) is 12.3. The van der Waals surface area contributed by atoms with Gasteiger partial charge in [0, 0.05) is 249 Å². The molecule has 0 N–H and O–H groups in total. The van der Waals surface area contributed by atoms with Crippen LogP contribution in [0, 0.1) is 0 Å². The summed E-state index contributed by atoms with van der Waals surface area (Å²) < 4.78 is 43.1. The molecule has 0 bridgehead atoms. The molecule has 24 aromatic heterocycles. The first-order valence-corrected chi connectivity index (χ1v) is 49.1. The molecule has 35 rings (SSSR count). The maximum absolute atomic E-state index is 6.40. The fourth-order valence-electron chi connectivity index (χ4n) is 23.2. The first-order valence-electron chi connectivity index (χ1n) is 49.1. The van der Waals surface area contributed by atoms with E-state index in [1.165, 1.54) is 0 Å². The van der Waals surface area contributed by atoms with Gasteiger partial charge in [-0.25, -0.2) is 9.97 Å². The highest BCUT2D eigenvalue weighted by molar-refractivity contribution is 6.40. The lowest BCUT2D eigenvalue weighted by molar-refractivity contribution is 0.672. The molecule has 700 valence electrons. The van der Waals surface area contributed by atoms with Gasteiger partial charge in [0.2, 0.25) is 0 Å². The van der Waals surface area contributed by atoms with Crippen LogP contribution in [0.5, 0.6) is 0 Å². The Morgan fingerprint density at radius 1 is 0.153 bits per heavy atom. The molecular formula is C126H71N19O5. The van der Waals surface area contributed by atoms with E-state index in [0.29, 0.717) is 0 Å². The molecule has 0 atom stereocenters. The van der Waals surface area contributed by atoms with Gasteiger partial charge in [0.15, 0.2) is 0 Å². The number of aromatic nitrogens is 19. The van der Waals surface area contributed by atoms with Crippen LogP contribution in [0.15, 0.2) is 456 Å². The number of benzene rings is 11. The van der Waals surface area contributed by atoms with Crippen molar-refractivity contribution in [3.8, 4) is 28.6 Å². The van der Waals surface area contributed by atoms with Crippen molar-refractivity contribution in [2.75, 3.05) is 0 Å². The van der Waals surface area contributed by atoms with Crippen molar-refractivity contribution >= 4 is 273 Å². The molecule has 0 radical (unpaired) electrons. The quantitative estimate of drug-likeness (QED) is 0.155. The average Bonchev–Trinajstić information content (AvgIpc) is 1.56. The topological polar surface area (TPSA) is 271 Å². The molecule has 0 aliphatic rings. The van der Waals surface area contributed by atoms with Gasteiger partial charge in [0.1, 0.15) is 67.3 Å². The zero-order valence-electron chi connectivity index (χ0n) is 79.0. The number of para-hydroxylation sites is 6. The largest absolute Gasteiger partial charge is 0.455 e. The van der Waals surface area contributed by atoms with Crippen LogP contribution >= 0.6 is 0 Å². The van der Waals surface area contributed by atoms with Crippen molar-refractivity contribution in [3.63, 3.8) is 0 Å². The molecular weight excluding hydrogens is 1860 g/mol. The SMILES string of the molecule is c1ccc(-n2c3cccnc3c3c4cnccc4c4oc5ccccc5c4c32)cc1.c1ccc(-n2c3cccnc3c3c4cnccc4c4oc5ccccc5c4c32)nc1.c1ccc2c(c1)oc1c3ccncc3c3c4ncccc4n(-c4ccncc4)c3c21.c1ccc2c(c1)oc1c3cnccc3c3c4cccnc4n(-c4ccncc4)c3c21.c1cncc(-n2c3cccnc3c3c4cnccc4c4oc5ccccc5c4c32)c1. The van der Waals surface area contributed by atoms with Crippen LogP contribution in [0.3, 0.4) is 0 Å². The molecule has 24 nitrogen and oxygen atoms in total. The van der Waals surface area contributed by atoms with Gasteiger partial charge < -0.3 is 35.8 Å². The summed E-state index contributed by atoms with van der Waals surface area (Å²) in [5.74, 6) is 0.848. The van der Waals surface area contributed by atoms with Crippen LogP contribution in [0.25, 0.3) is 302 Å². The summed E-state index contributed by atoms with van der Waals surface area (Å²) >= 11 is 0. The van der Waals surface area contributed by atoms with Crippen LogP contribution in [0.2, 0.25) is 0 Å². The van der Waals surface area contributed by atoms with E-state index in [1.807, 2.05) is 312 Å². The summed E-state index contributed by atoms with van der Waals surface area (Å²) in [4.78, 5) is 63.4. The molecule has 0 unspecified atom stereocenters. The van der Waals surface area contributed by atoms with Crippen molar-refractivity contribution < 1.29 is 22.1 Å². The van der Waals surface area contributed by atoms with Gasteiger partial charge in [-0.1, -0.05) is 115 Å². The summed E-state index contributed by atoms with van der Waals surface area (Å²) in [5, 5.41) is 27.9. The van der Waals surface area contributed by atoms with Crippen LogP contribution in [0.1, 0.15) is 0 Å². The highest BCUT2D eigenvalue weighted by atomic mass is 16.3. The summed E-state index contributed by atoms with van der Waals surface area (Å²) in [7, 11) is 0. The second-order valence-corrected chi connectivity index (χ2v) is 36.9. The third-order valence-electron chi connectivity index (χ3n) is 29.1. The van der Waals surface area contributed by atoms with Crippen molar-refractivity contribution in [2.24, 2.45) is 0 Å². The van der Waals surface area contributed by atoms with Crippen molar-refractivity contribution in [1.29, 1.82) is 0 Å². The van der Waals surface area contributed by atoms with E-state index < -0.39 is 0 Å². The van der Waals surface area contributed by atoms with Crippen molar-refractivity contribution in [3.05, 3.63) is 434 Å². The lowest BCUT2D eigenvalue weighted by Crippen LogP contribution is -1.97. The number of fused-ring (bicyclic) bond motifs is 50. The highest BCUT2D eigenvalue weighted by Gasteiger charge is 2.32. The van der Waals surface area contributed by atoms with Gasteiger partial charge in [-0.05, 0) is 187 Å². The van der Waals surface area contributed by atoms with Gasteiger partial charge >= 0.3 is 0 Å². The summed E-state index contributed by atoms with van der Waals surface area (Å²) in [6, 6.07) is 100. The summed E-state index contributed by atoms with van der Waals surface area (Å²) in [5.41, 5.74) is 27.1. The number of hydrogen-bond acceptors (Lipinski definition) is 19. The van der Waals surface area contributed by atoms with Gasteiger partial charge in [-0.2, -0.15) is 0 Å². The lowest BCUT2D eigenvalue weighted by atomic mass is 10.0. The molecule has 24 heteroatoms. The molecule has 24 heterocycles. The maximum atomic E-state index is 6.40. The fourth-order valence-corrected chi connectivity index (χ4v) is 23.2. The molecule has 35 aromatic rings. The van der Waals surface area contributed by atoms with E-state index >= 15 is 0 Å². The predicted molar refractivity (Wildman–Crippen MR) is 597 cm³/mol. The Labute approximate surface area is 844 Å². The number of rotatable bonds is 5. The Morgan fingerprint density at radius 2 is 0.440 bits per heavy atom. The minimum atomic E-state index is 0.848. The van der Waals surface area contributed by atoms with E-state index in [9.17, 15) is 0 Å². The Kier molecular flexibility index (Phi) is 18.5.